The molecule has 0 bridgehead atoms. The maximum Gasteiger partial charge on any atom is 0.319 e. The molecule has 1 aromatic heterocycles. The number of amides is 2. The van der Waals surface area contributed by atoms with Crippen molar-refractivity contribution in [2.75, 3.05) is 5.32 Å². The summed E-state index contributed by atoms with van der Waals surface area (Å²) in [7, 11) is 0. The van der Waals surface area contributed by atoms with Gasteiger partial charge in [0.1, 0.15) is 17.9 Å². The Morgan fingerprint density at radius 2 is 1.80 bits per heavy atom. The van der Waals surface area contributed by atoms with Gasteiger partial charge in [0, 0.05) is 16.8 Å². The van der Waals surface area contributed by atoms with Gasteiger partial charge in [-0.2, -0.15) is 0 Å². The molecule has 2 amide bonds. The molecular weight excluding hydrogens is 328 g/mol. The molecule has 1 heterocycles. The second-order valence-corrected chi connectivity index (χ2v) is 5.37. The average Bonchev–Trinajstić information content (AvgIpc) is 3.09. The summed E-state index contributed by atoms with van der Waals surface area (Å²) >= 11 is 0. The highest BCUT2D eigenvalue weighted by atomic mass is 19.1. The molecule has 128 valence electrons. The molecule has 7 heteroatoms. The smallest absolute Gasteiger partial charge is 0.319 e. The lowest BCUT2D eigenvalue weighted by atomic mass is 10.1. The molecule has 25 heavy (non-hydrogen) atoms. The van der Waals surface area contributed by atoms with Gasteiger partial charge in [-0.25, -0.2) is 18.6 Å². The van der Waals surface area contributed by atoms with Gasteiger partial charge in [-0.15, -0.1) is 0 Å². The Balaban J connectivity index is 1.64. The zero-order chi connectivity index (χ0) is 17.8. The summed E-state index contributed by atoms with van der Waals surface area (Å²) in [5.41, 5.74) is 1.10. The summed E-state index contributed by atoms with van der Waals surface area (Å²) in [5, 5.41) is 5.12. The number of urea groups is 1. The van der Waals surface area contributed by atoms with Crippen LogP contribution in [0, 0.1) is 11.6 Å². The van der Waals surface area contributed by atoms with E-state index in [4.69, 9.17) is 4.42 Å². The third-order valence-corrected chi connectivity index (χ3v) is 3.60. The highest BCUT2D eigenvalue weighted by Crippen LogP contribution is 2.21. The number of benzene rings is 2. The lowest BCUT2D eigenvalue weighted by Gasteiger charge is -2.16. The number of nitrogens with one attached hydrogen (secondary N) is 2. The summed E-state index contributed by atoms with van der Waals surface area (Å²) in [6, 6.07) is 9.00. The van der Waals surface area contributed by atoms with Crippen LogP contribution in [-0.2, 0) is 0 Å². The van der Waals surface area contributed by atoms with E-state index in [1.807, 2.05) is 0 Å². The van der Waals surface area contributed by atoms with Gasteiger partial charge in [0.15, 0.2) is 0 Å². The molecular formula is C18H15F2N3O2. The summed E-state index contributed by atoms with van der Waals surface area (Å²) in [6.07, 6.45) is 3.01. The topological polar surface area (TPSA) is 67.2 Å². The first-order chi connectivity index (χ1) is 12.0. The molecule has 3 aromatic rings. The molecule has 2 N–H and O–H groups in total. The largest absolute Gasteiger partial charge is 0.445 e. The van der Waals surface area contributed by atoms with Crippen LogP contribution in [0.1, 0.15) is 18.5 Å². The first kappa shape index (κ1) is 16.6. The van der Waals surface area contributed by atoms with Gasteiger partial charge in [0.2, 0.25) is 5.89 Å². The number of anilines is 1. The van der Waals surface area contributed by atoms with Gasteiger partial charge in [-0.05, 0) is 43.3 Å². The number of oxazole rings is 1. The first-order valence-corrected chi connectivity index (χ1v) is 7.56. The second kappa shape index (κ2) is 7.12. The number of carbonyl (C=O) groups is 1. The Morgan fingerprint density at radius 3 is 2.40 bits per heavy atom. The fourth-order valence-electron chi connectivity index (χ4n) is 2.42. The van der Waals surface area contributed by atoms with Crippen LogP contribution in [0.2, 0.25) is 0 Å². The van der Waals surface area contributed by atoms with Gasteiger partial charge < -0.3 is 15.1 Å². The summed E-state index contributed by atoms with van der Waals surface area (Å²) in [5.74, 6) is -0.939. The van der Waals surface area contributed by atoms with E-state index in [9.17, 15) is 13.6 Å². The second-order valence-electron chi connectivity index (χ2n) is 5.37. The Labute approximate surface area is 142 Å². The van der Waals surface area contributed by atoms with E-state index in [1.165, 1.54) is 25.5 Å². The van der Waals surface area contributed by atoms with Crippen LogP contribution in [0.5, 0.6) is 0 Å². The van der Waals surface area contributed by atoms with E-state index in [-0.39, 0.29) is 5.56 Å². The first-order valence-electron chi connectivity index (χ1n) is 7.56. The van der Waals surface area contributed by atoms with E-state index in [1.54, 1.807) is 24.3 Å². The van der Waals surface area contributed by atoms with Crippen molar-refractivity contribution in [3.8, 4) is 11.5 Å². The van der Waals surface area contributed by atoms with Gasteiger partial charge in [0.25, 0.3) is 0 Å². The van der Waals surface area contributed by atoms with Gasteiger partial charge >= 0.3 is 6.03 Å². The van der Waals surface area contributed by atoms with Crippen molar-refractivity contribution < 1.29 is 18.0 Å². The summed E-state index contributed by atoms with van der Waals surface area (Å²) < 4.78 is 32.6. The lowest BCUT2D eigenvalue weighted by Crippen LogP contribution is -2.32. The van der Waals surface area contributed by atoms with Crippen LogP contribution < -0.4 is 10.6 Å². The standard InChI is InChI=1S/C18H15F2N3O2/c1-11(16-14(19)3-2-4-15(16)20)22-18(24)23-13-7-5-12(6-8-13)17-21-9-10-25-17/h2-11H,1H3,(H2,22,23,24)/t11-/m1/s1. The van der Waals surface area contributed by atoms with Gasteiger partial charge in [-0.1, -0.05) is 6.07 Å². The number of aromatic nitrogens is 1. The van der Waals surface area contributed by atoms with Crippen LogP contribution in [-0.4, -0.2) is 11.0 Å². The maximum absolute atomic E-state index is 13.7. The van der Waals surface area contributed by atoms with E-state index < -0.39 is 23.7 Å². The van der Waals surface area contributed by atoms with Crippen LogP contribution in [0.15, 0.2) is 59.3 Å². The van der Waals surface area contributed by atoms with E-state index >= 15 is 0 Å². The van der Waals surface area contributed by atoms with Crippen LogP contribution in [0.4, 0.5) is 19.3 Å². The molecule has 0 radical (unpaired) electrons. The van der Waals surface area contributed by atoms with Crippen molar-refractivity contribution in [3.63, 3.8) is 0 Å². The highest BCUT2D eigenvalue weighted by Gasteiger charge is 2.17. The van der Waals surface area contributed by atoms with E-state index in [0.29, 0.717) is 11.6 Å². The Kier molecular flexibility index (Phi) is 4.74. The van der Waals surface area contributed by atoms with E-state index in [0.717, 1.165) is 17.7 Å². The predicted molar refractivity (Wildman–Crippen MR) is 88.9 cm³/mol. The minimum Gasteiger partial charge on any atom is -0.445 e. The van der Waals surface area contributed by atoms with Crippen LogP contribution >= 0.6 is 0 Å². The summed E-state index contributed by atoms with van der Waals surface area (Å²) in [6.45, 7) is 1.51. The molecule has 0 aliphatic heterocycles. The third-order valence-electron chi connectivity index (χ3n) is 3.60. The highest BCUT2D eigenvalue weighted by molar-refractivity contribution is 5.89. The minimum atomic E-state index is -0.826. The Hall–Kier alpha value is -3.22. The van der Waals surface area contributed by atoms with Crippen molar-refractivity contribution in [1.29, 1.82) is 0 Å². The molecule has 0 unspecified atom stereocenters. The molecule has 0 saturated heterocycles. The monoisotopic (exact) mass is 343 g/mol. The normalized spacial score (nSPS) is 11.8. The lowest BCUT2D eigenvalue weighted by molar-refractivity contribution is 0.249. The molecule has 0 fully saturated rings. The SMILES string of the molecule is C[C@@H](NC(=O)Nc1ccc(-c2ncco2)cc1)c1c(F)cccc1F. The van der Waals surface area contributed by atoms with Crippen LogP contribution in [0.25, 0.3) is 11.5 Å². The molecule has 0 spiro atoms. The van der Waals surface area contributed by atoms with Crippen LogP contribution in [0.3, 0.4) is 0 Å². The average molecular weight is 343 g/mol. The Bertz CT molecular complexity index is 844. The molecule has 5 nitrogen and oxygen atoms in total. The fraction of sp³-hybridized carbons (Fsp3) is 0.111. The van der Waals surface area contributed by atoms with Crippen molar-refractivity contribution in [1.82, 2.24) is 10.3 Å². The number of hydrogen-bond donors (Lipinski definition) is 2. The molecule has 3 rings (SSSR count). The van der Waals surface area contributed by atoms with Crippen molar-refractivity contribution in [2.45, 2.75) is 13.0 Å². The zero-order valence-corrected chi connectivity index (χ0v) is 13.3. The molecule has 0 aliphatic carbocycles. The Morgan fingerprint density at radius 1 is 1.12 bits per heavy atom. The molecule has 0 saturated carbocycles. The maximum atomic E-state index is 13.7. The minimum absolute atomic E-state index is 0.183. The molecule has 1 atom stereocenters. The number of halogens is 2. The number of rotatable bonds is 4. The van der Waals surface area contributed by atoms with Gasteiger partial charge in [0.05, 0.1) is 12.2 Å². The number of carbonyl (C=O) groups excluding carboxylic acids is 1. The van der Waals surface area contributed by atoms with Crippen molar-refractivity contribution in [2.24, 2.45) is 0 Å². The van der Waals surface area contributed by atoms with Crippen molar-refractivity contribution >= 4 is 11.7 Å². The molecule has 0 aliphatic rings. The molecule has 2 aromatic carbocycles. The predicted octanol–water partition coefficient (Wildman–Crippen LogP) is 4.50. The summed E-state index contributed by atoms with van der Waals surface area (Å²) in [4.78, 5) is 16.1. The number of nitrogens with zero attached hydrogens (tertiary/aromatic N) is 1. The fourth-order valence-corrected chi connectivity index (χ4v) is 2.42. The zero-order valence-electron chi connectivity index (χ0n) is 13.3. The van der Waals surface area contributed by atoms with E-state index in [2.05, 4.69) is 15.6 Å². The van der Waals surface area contributed by atoms with Crippen molar-refractivity contribution in [3.05, 3.63) is 72.1 Å². The number of hydrogen-bond acceptors (Lipinski definition) is 3. The van der Waals surface area contributed by atoms with Gasteiger partial charge in [-0.3, -0.25) is 0 Å². The third kappa shape index (κ3) is 3.82. The quantitative estimate of drug-likeness (QED) is 0.733.